The van der Waals surface area contributed by atoms with Crippen LogP contribution in [-0.4, -0.2) is 77.8 Å². The van der Waals surface area contributed by atoms with E-state index >= 15 is 0 Å². The summed E-state index contributed by atoms with van der Waals surface area (Å²) in [4.78, 5) is 40.5. The zero-order valence-corrected chi connectivity index (χ0v) is 21.2. The number of hydrogen-bond donors (Lipinski definition) is 3. The number of carbonyl (C=O) groups excluding carboxylic acids is 3. The number of methoxy groups -OCH3 is 1. The van der Waals surface area contributed by atoms with E-state index < -0.39 is 30.1 Å². The predicted molar refractivity (Wildman–Crippen MR) is 135 cm³/mol. The van der Waals surface area contributed by atoms with Crippen molar-refractivity contribution in [2.75, 3.05) is 20.3 Å². The normalized spacial score (nSPS) is 27.2. The van der Waals surface area contributed by atoms with Crippen molar-refractivity contribution >= 4 is 18.1 Å². The van der Waals surface area contributed by atoms with Gasteiger partial charge in [0.15, 0.2) is 11.5 Å². The van der Waals surface area contributed by atoms with Crippen molar-refractivity contribution < 1.29 is 34.1 Å². The second kappa shape index (κ2) is 10.8. The van der Waals surface area contributed by atoms with Gasteiger partial charge < -0.3 is 29.9 Å². The largest absolute Gasteiger partial charge is 0.493 e. The van der Waals surface area contributed by atoms with Crippen LogP contribution in [0.3, 0.4) is 0 Å². The molecule has 0 bridgehead atoms. The van der Waals surface area contributed by atoms with Crippen LogP contribution in [0.4, 0.5) is 0 Å². The molecule has 9 heteroatoms. The molecular formula is C28H36N2O7. The number of aldehydes is 1. The van der Waals surface area contributed by atoms with Gasteiger partial charge in [0.1, 0.15) is 18.5 Å². The molecule has 1 aromatic rings. The van der Waals surface area contributed by atoms with Gasteiger partial charge in [-0.05, 0) is 43.9 Å². The number of nitrogens with zero attached hydrogens (tertiary/aromatic N) is 1. The second-order valence-corrected chi connectivity index (χ2v) is 10.6. The smallest absolute Gasteiger partial charge is 0.247 e. The highest BCUT2D eigenvalue weighted by atomic mass is 16.5. The monoisotopic (exact) mass is 512 g/mol. The van der Waals surface area contributed by atoms with Gasteiger partial charge in [0.25, 0.3) is 0 Å². The lowest BCUT2D eigenvalue weighted by Crippen LogP contribution is -2.58. The maximum atomic E-state index is 13.7. The minimum Gasteiger partial charge on any atom is -0.493 e. The summed E-state index contributed by atoms with van der Waals surface area (Å²) >= 11 is 0. The third-order valence-corrected chi connectivity index (χ3v) is 8.13. The SMILES string of the molecule is COc1cc(C=O)cc2c1O[C@@H]1[C@@H](O)[C@H](N(C(=O)C3CC3)C3CCCCCC3)C=C(C(=O)NCCO)[C@H]21. The number of amides is 2. The van der Waals surface area contributed by atoms with Crippen LogP contribution in [0.15, 0.2) is 23.8 Å². The lowest BCUT2D eigenvalue weighted by atomic mass is 9.76. The molecule has 9 nitrogen and oxygen atoms in total. The maximum Gasteiger partial charge on any atom is 0.247 e. The predicted octanol–water partition coefficient (Wildman–Crippen LogP) is 2.09. The molecular weight excluding hydrogens is 476 g/mol. The van der Waals surface area contributed by atoms with Crippen molar-refractivity contribution in [3.05, 3.63) is 34.9 Å². The Hall–Kier alpha value is -2.91. The Morgan fingerprint density at radius 3 is 2.51 bits per heavy atom. The van der Waals surface area contributed by atoms with E-state index in [9.17, 15) is 24.6 Å². The summed E-state index contributed by atoms with van der Waals surface area (Å²) in [5, 5.41) is 23.8. The molecule has 2 saturated carbocycles. The molecule has 2 fully saturated rings. The van der Waals surface area contributed by atoms with E-state index in [0.717, 1.165) is 51.4 Å². The number of hydrogen-bond acceptors (Lipinski definition) is 7. The van der Waals surface area contributed by atoms with E-state index in [0.29, 0.717) is 34.5 Å². The third kappa shape index (κ3) is 4.86. The molecule has 1 heterocycles. The molecule has 200 valence electrons. The lowest BCUT2D eigenvalue weighted by molar-refractivity contribution is -0.142. The Morgan fingerprint density at radius 2 is 1.89 bits per heavy atom. The second-order valence-electron chi connectivity index (χ2n) is 10.6. The molecule has 0 radical (unpaired) electrons. The molecule has 3 N–H and O–H groups in total. The zero-order valence-electron chi connectivity index (χ0n) is 21.2. The molecule has 2 amide bonds. The van der Waals surface area contributed by atoms with Gasteiger partial charge in [-0.1, -0.05) is 25.7 Å². The Labute approximate surface area is 216 Å². The molecule has 5 rings (SSSR count). The Morgan fingerprint density at radius 1 is 1.16 bits per heavy atom. The van der Waals surface area contributed by atoms with Gasteiger partial charge in [0.05, 0.1) is 25.7 Å². The summed E-state index contributed by atoms with van der Waals surface area (Å²) in [5.74, 6) is -0.309. The Kier molecular flexibility index (Phi) is 7.53. The third-order valence-electron chi connectivity index (χ3n) is 8.13. The van der Waals surface area contributed by atoms with Gasteiger partial charge >= 0.3 is 0 Å². The molecule has 3 aliphatic carbocycles. The van der Waals surface area contributed by atoms with E-state index in [2.05, 4.69) is 5.32 Å². The summed E-state index contributed by atoms with van der Waals surface area (Å²) in [6, 6.07) is 2.49. The number of aliphatic hydroxyl groups excluding tert-OH is 2. The molecule has 4 atom stereocenters. The number of nitrogens with one attached hydrogen (secondary N) is 1. The van der Waals surface area contributed by atoms with E-state index in [-0.39, 0.29) is 31.0 Å². The van der Waals surface area contributed by atoms with Crippen LogP contribution in [0, 0.1) is 5.92 Å². The van der Waals surface area contributed by atoms with Crippen LogP contribution in [0.2, 0.25) is 0 Å². The Balaban J connectivity index is 1.59. The van der Waals surface area contributed by atoms with Gasteiger partial charge in [-0.15, -0.1) is 0 Å². The van der Waals surface area contributed by atoms with Crippen molar-refractivity contribution in [3.8, 4) is 11.5 Å². The van der Waals surface area contributed by atoms with Gasteiger partial charge in [0.2, 0.25) is 11.8 Å². The zero-order chi connectivity index (χ0) is 26.1. The van der Waals surface area contributed by atoms with Crippen molar-refractivity contribution in [1.29, 1.82) is 0 Å². The van der Waals surface area contributed by atoms with Gasteiger partial charge in [-0.3, -0.25) is 14.4 Å². The summed E-state index contributed by atoms with van der Waals surface area (Å²) in [6.45, 7) is -0.150. The van der Waals surface area contributed by atoms with Crippen LogP contribution in [-0.2, 0) is 9.59 Å². The molecule has 0 spiro atoms. The van der Waals surface area contributed by atoms with Crippen LogP contribution in [0.5, 0.6) is 11.5 Å². The standard InChI is InChI=1S/C28H36N2O7/c1-36-22-13-16(15-32)12-19-23-20(27(34)29-10-11-31)14-21(24(33)26(23)37-25(19)22)30(28(35)17-8-9-17)18-6-4-2-3-5-7-18/h12-15,17-18,21,23-24,26,31,33H,2-11H2,1H3,(H,29,34)/t21-,23+,24+,26+/m1/s1. The summed E-state index contributed by atoms with van der Waals surface area (Å²) in [6.07, 6.45) is 8.24. The van der Waals surface area contributed by atoms with Gasteiger partial charge in [0, 0.05) is 35.2 Å². The van der Waals surface area contributed by atoms with E-state index in [1.165, 1.54) is 7.11 Å². The first-order valence-corrected chi connectivity index (χ1v) is 13.4. The highest BCUT2D eigenvalue weighted by Gasteiger charge is 2.53. The van der Waals surface area contributed by atoms with Crippen molar-refractivity contribution in [2.45, 2.75) is 81.6 Å². The average molecular weight is 513 g/mol. The first-order valence-electron chi connectivity index (χ1n) is 13.4. The molecule has 37 heavy (non-hydrogen) atoms. The summed E-state index contributed by atoms with van der Waals surface area (Å²) < 4.78 is 11.8. The molecule has 0 saturated heterocycles. The number of ether oxygens (including phenoxy) is 2. The van der Waals surface area contributed by atoms with E-state index in [4.69, 9.17) is 9.47 Å². The topological polar surface area (TPSA) is 125 Å². The molecule has 1 aliphatic heterocycles. The van der Waals surface area contributed by atoms with Gasteiger partial charge in [-0.25, -0.2) is 0 Å². The first kappa shape index (κ1) is 25.7. The first-order chi connectivity index (χ1) is 18.0. The summed E-state index contributed by atoms with van der Waals surface area (Å²) in [7, 11) is 1.47. The number of rotatable bonds is 8. The van der Waals surface area contributed by atoms with Crippen molar-refractivity contribution in [3.63, 3.8) is 0 Å². The minimum absolute atomic E-state index is 0.00946. The van der Waals surface area contributed by atoms with Crippen LogP contribution >= 0.6 is 0 Å². The number of carbonyl (C=O) groups is 3. The fourth-order valence-electron chi connectivity index (χ4n) is 6.18. The number of aliphatic hydroxyl groups is 2. The van der Waals surface area contributed by atoms with Crippen LogP contribution in [0.25, 0.3) is 0 Å². The number of fused-ring (bicyclic) bond motifs is 3. The number of benzene rings is 1. The van der Waals surface area contributed by atoms with Crippen molar-refractivity contribution in [1.82, 2.24) is 10.2 Å². The Bertz CT molecular complexity index is 1070. The molecule has 1 aromatic carbocycles. The maximum absolute atomic E-state index is 13.7. The quantitative estimate of drug-likeness (QED) is 0.360. The van der Waals surface area contributed by atoms with Crippen LogP contribution in [0.1, 0.15) is 73.2 Å². The van der Waals surface area contributed by atoms with E-state index in [1.54, 1.807) is 18.2 Å². The highest BCUT2D eigenvalue weighted by molar-refractivity contribution is 5.96. The molecule has 0 unspecified atom stereocenters. The summed E-state index contributed by atoms with van der Waals surface area (Å²) in [5.41, 5.74) is 1.32. The van der Waals surface area contributed by atoms with Crippen LogP contribution < -0.4 is 14.8 Å². The average Bonchev–Trinajstić information content (AvgIpc) is 3.73. The lowest BCUT2D eigenvalue weighted by Gasteiger charge is -2.44. The van der Waals surface area contributed by atoms with E-state index in [1.807, 2.05) is 4.90 Å². The van der Waals surface area contributed by atoms with Gasteiger partial charge in [-0.2, -0.15) is 0 Å². The minimum atomic E-state index is -1.08. The fraction of sp³-hybridized carbons (Fsp3) is 0.607. The van der Waals surface area contributed by atoms with Crippen molar-refractivity contribution in [2.24, 2.45) is 5.92 Å². The molecule has 4 aliphatic rings. The molecule has 0 aromatic heterocycles. The fourth-order valence-corrected chi connectivity index (χ4v) is 6.18. The highest BCUT2D eigenvalue weighted by Crippen LogP contribution is 2.52.